The molecule has 4 rings (SSSR count). The maximum absolute atomic E-state index is 12.7. The molecule has 1 heterocycles. The van der Waals surface area contributed by atoms with E-state index in [9.17, 15) is 9.59 Å². The van der Waals surface area contributed by atoms with Crippen LogP contribution in [0.5, 0.6) is 0 Å². The van der Waals surface area contributed by atoms with Gasteiger partial charge in [-0.25, -0.2) is 4.79 Å². The predicted octanol–water partition coefficient (Wildman–Crippen LogP) is 5.17. The van der Waals surface area contributed by atoms with E-state index in [0.717, 1.165) is 16.5 Å². The smallest absolute Gasteiger partial charge is 0.328 e. The summed E-state index contributed by atoms with van der Waals surface area (Å²) >= 11 is 0. The molecule has 1 amide bonds. The Balaban J connectivity index is 1.57. The minimum Gasteiger partial charge on any atom is -0.467 e. The van der Waals surface area contributed by atoms with Crippen LogP contribution >= 0.6 is 0 Å². The van der Waals surface area contributed by atoms with Crippen molar-refractivity contribution < 1.29 is 14.3 Å². The SMILES string of the molecule is COC(=O)[C@H](CC(C)C)NC(=O)Cn1ccc2cc(-c3cccc4ccccc34)ccc21. The van der Waals surface area contributed by atoms with Gasteiger partial charge in [-0.2, -0.15) is 0 Å². The van der Waals surface area contributed by atoms with Crippen molar-refractivity contribution in [3.63, 3.8) is 0 Å². The average molecular weight is 429 g/mol. The number of nitrogens with zero attached hydrogens (tertiary/aromatic N) is 1. The van der Waals surface area contributed by atoms with Gasteiger partial charge in [-0.3, -0.25) is 4.79 Å². The molecule has 1 aromatic heterocycles. The summed E-state index contributed by atoms with van der Waals surface area (Å²) in [6, 6.07) is 22.4. The number of ether oxygens (including phenoxy) is 1. The minimum absolute atomic E-state index is 0.142. The summed E-state index contributed by atoms with van der Waals surface area (Å²) in [4.78, 5) is 24.7. The predicted molar refractivity (Wildman–Crippen MR) is 128 cm³/mol. The summed E-state index contributed by atoms with van der Waals surface area (Å²) in [5.74, 6) is -0.361. The largest absolute Gasteiger partial charge is 0.467 e. The number of nitrogens with one attached hydrogen (secondary N) is 1. The van der Waals surface area contributed by atoms with Crippen LogP contribution in [0.4, 0.5) is 0 Å². The first-order valence-corrected chi connectivity index (χ1v) is 10.9. The molecule has 5 heteroatoms. The summed E-state index contributed by atoms with van der Waals surface area (Å²) in [6.45, 7) is 4.16. The van der Waals surface area contributed by atoms with Gasteiger partial charge in [0.2, 0.25) is 5.91 Å². The molecule has 0 saturated carbocycles. The van der Waals surface area contributed by atoms with Crippen LogP contribution in [0.15, 0.2) is 72.9 Å². The van der Waals surface area contributed by atoms with E-state index >= 15 is 0 Å². The Morgan fingerprint density at radius 2 is 1.75 bits per heavy atom. The van der Waals surface area contributed by atoms with Gasteiger partial charge in [0.1, 0.15) is 12.6 Å². The molecule has 0 aliphatic heterocycles. The van der Waals surface area contributed by atoms with Crippen LogP contribution in [0.3, 0.4) is 0 Å². The minimum atomic E-state index is -0.632. The number of aromatic nitrogens is 1. The summed E-state index contributed by atoms with van der Waals surface area (Å²) in [7, 11) is 1.34. The molecule has 0 aliphatic carbocycles. The maximum atomic E-state index is 12.7. The number of esters is 1. The zero-order valence-corrected chi connectivity index (χ0v) is 18.7. The molecule has 0 unspecified atom stereocenters. The fraction of sp³-hybridized carbons (Fsp3) is 0.259. The van der Waals surface area contributed by atoms with Crippen LogP contribution in [-0.4, -0.2) is 29.6 Å². The third-order valence-electron chi connectivity index (χ3n) is 5.71. The first kappa shape index (κ1) is 21.6. The highest BCUT2D eigenvalue weighted by molar-refractivity contribution is 5.98. The number of amides is 1. The highest BCUT2D eigenvalue weighted by Gasteiger charge is 2.22. The first-order valence-electron chi connectivity index (χ1n) is 10.9. The Bertz CT molecular complexity index is 1270. The second-order valence-electron chi connectivity index (χ2n) is 8.52. The molecule has 0 fully saturated rings. The third-order valence-corrected chi connectivity index (χ3v) is 5.71. The van der Waals surface area contributed by atoms with Crippen molar-refractivity contribution in [2.75, 3.05) is 7.11 Å². The molecular weight excluding hydrogens is 400 g/mol. The summed E-state index contributed by atoms with van der Waals surface area (Å²) in [5, 5.41) is 6.31. The van der Waals surface area contributed by atoms with Gasteiger partial charge in [-0.15, -0.1) is 0 Å². The van der Waals surface area contributed by atoms with E-state index in [2.05, 4.69) is 53.8 Å². The van der Waals surface area contributed by atoms with Crippen molar-refractivity contribution in [1.82, 2.24) is 9.88 Å². The van der Waals surface area contributed by atoms with Crippen LogP contribution in [0, 0.1) is 5.92 Å². The van der Waals surface area contributed by atoms with Gasteiger partial charge in [0.15, 0.2) is 0 Å². The lowest BCUT2D eigenvalue weighted by atomic mass is 9.97. The van der Waals surface area contributed by atoms with Crippen LogP contribution in [0.1, 0.15) is 20.3 Å². The second kappa shape index (κ2) is 9.27. The van der Waals surface area contributed by atoms with Crippen LogP contribution in [0.2, 0.25) is 0 Å². The Hall–Kier alpha value is -3.60. The molecule has 5 nitrogen and oxygen atoms in total. The van der Waals surface area contributed by atoms with Gasteiger partial charge < -0.3 is 14.6 Å². The van der Waals surface area contributed by atoms with E-state index in [0.29, 0.717) is 6.42 Å². The first-order chi connectivity index (χ1) is 15.5. The van der Waals surface area contributed by atoms with Crippen molar-refractivity contribution in [2.24, 2.45) is 5.92 Å². The molecule has 4 aromatic rings. The number of carbonyl (C=O) groups is 2. The average Bonchev–Trinajstić information content (AvgIpc) is 3.19. The number of benzene rings is 3. The lowest BCUT2D eigenvalue weighted by Gasteiger charge is -2.18. The Morgan fingerprint density at radius 3 is 2.53 bits per heavy atom. The molecule has 0 bridgehead atoms. The lowest BCUT2D eigenvalue weighted by Crippen LogP contribution is -2.43. The van der Waals surface area contributed by atoms with E-state index < -0.39 is 12.0 Å². The topological polar surface area (TPSA) is 60.3 Å². The quantitative estimate of drug-likeness (QED) is 0.413. The molecule has 1 atom stereocenters. The number of hydrogen-bond acceptors (Lipinski definition) is 3. The summed E-state index contributed by atoms with van der Waals surface area (Å²) in [6.07, 6.45) is 2.45. The van der Waals surface area contributed by atoms with Crippen molar-refractivity contribution in [2.45, 2.75) is 32.9 Å². The molecule has 0 saturated heterocycles. The Labute approximate surface area is 188 Å². The van der Waals surface area contributed by atoms with Gasteiger partial charge in [-0.05, 0) is 52.4 Å². The van der Waals surface area contributed by atoms with Crippen LogP contribution in [-0.2, 0) is 20.9 Å². The number of fused-ring (bicyclic) bond motifs is 2. The maximum Gasteiger partial charge on any atom is 0.328 e. The van der Waals surface area contributed by atoms with E-state index in [1.807, 2.05) is 42.8 Å². The highest BCUT2D eigenvalue weighted by atomic mass is 16.5. The molecular formula is C27H28N2O3. The normalized spacial score (nSPS) is 12.2. The summed E-state index contributed by atoms with van der Waals surface area (Å²) in [5.41, 5.74) is 3.30. The Morgan fingerprint density at radius 1 is 0.969 bits per heavy atom. The number of hydrogen-bond donors (Lipinski definition) is 1. The zero-order valence-electron chi connectivity index (χ0n) is 18.7. The van der Waals surface area contributed by atoms with Crippen molar-refractivity contribution >= 4 is 33.6 Å². The van der Waals surface area contributed by atoms with Crippen molar-refractivity contribution in [3.05, 3.63) is 72.9 Å². The van der Waals surface area contributed by atoms with Gasteiger partial charge in [0, 0.05) is 17.1 Å². The number of rotatable bonds is 7. The Kier molecular flexibility index (Phi) is 6.26. The van der Waals surface area contributed by atoms with E-state index in [-0.39, 0.29) is 18.4 Å². The highest BCUT2D eigenvalue weighted by Crippen LogP contribution is 2.31. The lowest BCUT2D eigenvalue weighted by molar-refractivity contribution is -0.145. The fourth-order valence-electron chi connectivity index (χ4n) is 4.21. The van der Waals surface area contributed by atoms with Crippen molar-refractivity contribution in [3.8, 4) is 11.1 Å². The standard InChI is InChI=1S/C27H28N2O3/c1-18(2)15-24(27(31)32-3)28-26(30)17-29-14-13-21-16-20(11-12-25(21)29)23-10-6-8-19-7-4-5-9-22(19)23/h4-14,16,18,24H,15,17H2,1-3H3,(H,28,30)/t24-/m0/s1. The van der Waals surface area contributed by atoms with Gasteiger partial charge in [-0.1, -0.05) is 62.4 Å². The number of carbonyl (C=O) groups excluding carboxylic acids is 2. The second-order valence-corrected chi connectivity index (χ2v) is 8.52. The molecule has 3 aromatic carbocycles. The van der Waals surface area contributed by atoms with E-state index in [1.165, 1.54) is 23.4 Å². The van der Waals surface area contributed by atoms with Gasteiger partial charge in [0.05, 0.1) is 7.11 Å². The molecule has 1 N–H and O–H groups in total. The third kappa shape index (κ3) is 4.52. The van der Waals surface area contributed by atoms with Gasteiger partial charge >= 0.3 is 5.97 Å². The van der Waals surface area contributed by atoms with E-state index in [4.69, 9.17) is 4.74 Å². The monoisotopic (exact) mass is 428 g/mol. The molecule has 0 aliphatic rings. The van der Waals surface area contributed by atoms with Crippen molar-refractivity contribution in [1.29, 1.82) is 0 Å². The fourth-order valence-corrected chi connectivity index (χ4v) is 4.21. The van der Waals surface area contributed by atoms with Crippen LogP contribution < -0.4 is 5.32 Å². The van der Waals surface area contributed by atoms with Crippen LogP contribution in [0.25, 0.3) is 32.8 Å². The van der Waals surface area contributed by atoms with E-state index in [1.54, 1.807) is 0 Å². The molecule has 32 heavy (non-hydrogen) atoms. The molecule has 0 radical (unpaired) electrons. The summed E-state index contributed by atoms with van der Waals surface area (Å²) < 4.78 is 6.75. The van der Waals surface area contributed by atoms with Gasteiger partial charge in [0.25, 0.3) is 0 Å². The molecule has 0 spiro atoms. The number of methoxy groups -OCH3 is 1. The molecule has 164 valence electrons. The zero-order chi connectivity index (χ0) is 22.7.